The van der Waals surface area contributed by atoms with Crippen molar-refractivity contribution in [2.24, 2.45) is 4.99 Å². The summed E-state index contributed by atoms with van der Waals surface area (Å²) in [6, 6.07) is 5.45. The van der Waals surface area contributed by atoms with Crippen molar-refractivity contribution >= 4 is 29.9 Å². The zero-order chi connectivity index (χ0) is 16.8. The molecule has 0 saturated heterocycles. The molecule has 2 aromatic rings. The zero-order valence-electron chi connectivity index (χ0n) is 13.8. The van der Waals surface area contributed by atoms with Crippen LogP contribution < -0.4 is 10.6 Å². The molecule has 0 saturated carbocycles. The highest BCUT2D eigenvalue weighted by Crippen LogP contribution is 2.15. The predicted octanol–water partition coefficient (Wildman–Crippen LogP) is 3.56. The first-order valence-electron chi connectivity index (χ1n) is 7.40. The monoisotopic (exact) mass is 450 g/mol. The second-order valence-electron chi connectivity index (χ2n) is 5.10. The third-order valence-electron chi connectivity index (χ3n) is 3.42. The molecule has 1 heterocycles. The van der Waals surface area contributed by atoms with Crippen LogP contribution >= 0.6 is 24.0 Å². The highest BCUT2D eigenvalue weighted by Gasteiger charge is 2.11. The number of halogens is 3. The normalized spacial score (nSPS) is 12.5. The van der Waals surface area contributed by atoms with Gasteiger partial charge in [0.05, 0.1) is 18.3 Å². The van der Waals surface area contributed by atoms with Crippen LogP contribution in [0.4, 0.5) is 8.78 Å². The van der Waals surface area contributed by atoms with Gasteiger partial charge in [0.1, 0.15) is 0 Å². The Bertz CT molecular complexity index is 690. The highest BCUT2D eigenvalue weighted by molar-refractivity contribution is 14.0. The lowest BCUT2D eigenvalue weighted by Crippen LogP contribution is -2.38. The van der Waals surface area contributed by atoms with E-state index in [-0.39, 0.29) is 30.0 Å². The third kappa shape index (κ3) is 5.43. The number of hydrogen-bond donors (Lipinski definition) is 2. The van der Waals surface area contributed by atoms with Gasteiger partial charge in [0.15, 0.2) is 23.4 Å². The van der Waals surface area contributed by atoms with Crippen LogP contribution in [0.3, 0.4) is 0 Å². The summed E-state index contributed by atoms with van der Waals surface area (Å²) in [6.07, 6.45) is 0.809. The maximum atomic E-state index is 13.3. The minimum Gasteiger partial charge on any atom is -0.359 e. The van der Waals surface area contributed by atoms with Crippen LogP contribution in [0.15, 0.2) is 33.8 Å². The quantitative estimate of drug-likeness (QED) is 0.416. The van der Waals surface area contributed by atoms with E-state index in [1.165, 1.54) is 12.1 Å². The van der Waals surface area contributed by atoms with E-state index in [1.54, 1.807) is 7.05 Å². The number of hydrogen-bond acceptors (Lipinski definition) is 3. The molecule has 0 aliphatic heterocycles. The number of nitrogens with one attached hydrogen (secondary N) is 2. The van der Waals surface area contributed by atoms with Gasteiger partial charge in [-0.3, -0.25) is 4.99 Å². The van der Waals surface area contributed by atoms with Crippen molar-refractivity contribution in [3.63, 3.8) is 0 Å². The van der Waals surface area contributed by atoms with E-state index in [0.29, 0.717) is 23.8 Å². The van der Waals surface area contributed by atoms with Gasteiger partial charge >= 0.3 is 0 Å². The second kappa shape index (κ2) is 9.55. The van der Waals surface area contributed by atoms with Gasteiger partial charge in [-0.1, -0.05) is 18.1 Å². The van der Waals surface area contributed by atoms with Crippen LogP contribution in [0.25, 0.3) is 0 Å². The number of aliphatic imine (C=N–C) groups is 1. The molecule has 0 bridgehead atoms. The lowest BCUT2D eigenvalue weighted by molar-refractivity contribution is 0.374. The largest absolute Gasteiger partial charge is 0.359 e. The maximum Gasteiger partial charge on any atom is 0.191 e. The summed E-state index contributed by atoms with van der Waals surface area (Å²) in [6.45, 7) is 4.26. The van der Waals surface area contributed by atoms with Crippen LogP contribution in [-0.2, 0) is 13.0 Å². The van der Waals surface area contributed by atoms with Crippen molar-refractivity contribution < 1.29 is 13.3 Å². The van der Waals surface area contributed by atoms with Crippen LogP contribution in [0.1, 0.15) is 36.9 Å². The van der Waals surface area contributed by atoms with E-state index >= 15 is 0 Å². The molecule has 132 valence electrons. The molecule has 8 heteroatoms. The Kier molecular flexibility index (Phi) is 8.09. The van der Waals surface area contributed by atoms with Gasteiger partial charge in [0.2, 0.25) is 0 Å². The van der Waals surface area contributed by atoms with E-state index in [4.69, 9.17) is 4.52 Å². The van der Waals surface area contributed by atoms with Gasteiger partial charge < -0.3 is 15.2 Å². The predicted molar refractivity (Wildman–Crippen MR) is 99.4 cm³/mol. The first kappa shape index (κ1) is 20.3. The Morgan fingerprint density at radius 2 is 2.04 bits per heavy atom. The Balaban J connectivity index is 0.00000288. The maximum absolute atomic E-state index is 13.3. The van der Waals surface area contributed by atoms with E-state index < -0.39 is 11.6 Å². The summed E-state index contributed by atoms with van der Waals surface area (Å²) in [5.74, 6) is -0.504. The Morgan fingerprint density at radius 1 is 1.29 bits per heavy atom. The summed E-state index contributed by atoms with van der Waals surface area (Å²) < 4.78 is 31.5. The number of aryl methyl sites for hydroxylation is 1. The third-order valence-corrected chi connectivity index (χ3v) is 3.42. The fourth-order valence-electron chi connectivity index (χ4n) is 2.04. The molecule has 0 amide bonds. The summed E-state index contributed by atoms with van der Waals surface area (Å²) in [4.78, 5) is 4.10. The highest BCUT2D eigenvalue weighted by atomic mass is 127. The van der Waals surface area contributed by atoms with E-state index in [9.17, 15) is 8.78 Å². The van der Waals surface area contributed by atoms with Gasteiger partial charge in [0, 0.05) is 13.1 Å². The van der Waals surface area contributed by atoms with E-state index in [0.717, 1.165) is 18.2 Å². The van der Waals surface area contributed by atoms with Crippen molar-refractivity contribution in [3.8, 4) is 0 Å². The smallest absolute Gasteiger partial charge is 0.191 e. The average molecular weight is 450 g/mol. The van der Waals surface area contributed by atoms with Crippen molar-refractivity contribution in [3.05, 3.63) is 52.9 Å². The minimum atomic E-state index is -0.868. The molecule has 0 fully saturated rings. The molecule has 2 rings (SSSR count). The van der Waals surface area contributed by atoms with Crippen molar-refractivity contribution in [2.75, 3.05) is 7.05 Å². The standard InChI is InChI=1S/C16H20F2N4O.HI/c1-4-12-8-13(23-22-12)9-20-16(19-3)21-10(2)11-5-6-14(17)15(18)7-11;/h5-8,10H,4,9H2,1-3H3,(H2,19,20,21);1H. The molecule has 1 unspecified atom stereocenters. The number of guanidine groups is 1. The van der Waals surface area contributed by atoms with Crippen molar-refractivity contribution in [1.82, 2.24) is 15.8 Å². The summed E-state index contributed by atoms with van der Waals surface area (Å²) in [7, 11) is 1.63. The first-order chi connectivity index (χ1) is 11.0. The first-order valence-corrected chi connectivity index (χ1v) is 7.40. The molecule has 5 nitrogen and oxygen atoms in total. The van der Waals surface area contributed by atoms with Gasteiger partial charge in [-0.15, -0.1) is 24.0 Å². The van der Waals surface area contributed by atoms with Crippen LogP contribution in [0.2, 0.25) is 0 Å². The molecule has 0 radical (unpaired) electrons. The van der Waals surface area contributed by atoms with Gasteiger partial charge in [-0.2, -0.15) is 0 Å². The fraction of sp³-hybridized carbons (Fsp3) is 0.375. The van der Waals surface area contributed by atoms with Gasteiger partial charge in [-0.05, 0) is 31.0 Å². The topological polar surface area (TPSA) is 62.5 Å². The molecule has 0 aliphatic rings. The van der Waals surface area contributed by atoms with Crippen molar-refractivity contribution in [2.45, 2.75) is 32.9 Å². The summed E-state index contributed by atoms with van der Waals surface area (Å²) in [5.41, 5.74) is 1.51. The fourth-order valence-corrected chi connectivity index (χ4v) is 2.04. The Morgan fingerprint density at radius 3 is 2.62 bits per heavy atom. The number of benzene rings is 1. The molecular weight excluding hydrogens is 429 g/mol. The molecule has 2 N–H and O–H groups in total. The van der Waals surface area contributed by atoms with Gasteiger partial charge in [-0.25, -0.2) is 8.78 Å². The minimum absolute atomic E-state index is 0. The molecule has 1 atom stereocenters. The molecule has 1 aromatic heterocycles. The molecule has 0 aliphatic carbocycles. The Labute approximate surface area is 156 Å². The summed E-state index contributed by atoms with van der Waals surface area (Å²) in [5, 5.41) is 10.1. The zero-order valence-corrected chi connectivity index (χ0v) is 16.1. The van der Waals surface area contributed by atoms with E-state index in [1.807, 2.05) is 19.9 Å². The number of nitrogens with zero attached hydrogens (tertiary/aromatic N) is 2. The molecule has 0 spiro atoms. The van der Waals surface area contributed by atoms with E-state index in [2.05, 4.69) is 20.8 Å². The SMILES string of the molecule is CCc1cc(CNC(=NC)NC(C)c2ccc(F)c(F)c2)on1.I. The lowest BCUT2D eigenvalue weighted by Gasteiger charge is -2.18. The lowest BCUT2D eigenvalue weighted by atomic mass is 10.1. The average Bonchev–Trinajstić information content (AvgIpc) is 3.01. The Hall–Kier alpha value is -1.71. The van der Waals surface area contributed by atoms with Crippen LogP contribution in [0, 0.1) is 11.6 Å². The van der Waals surface area contributed by atoms with Gasteiger partial charge in [0.25, 0.3) is 0 Å². The number of rotatable bonds is 5. The molecule has 1 aromatic carbocycles. The van der Waals surface area contributed by atoms with Crippen LogP contribution in [-0.4, -0.2) is 18.2 Å². The molecule has 24 heavy (non-hydrogen) atoms. The second-order valence-corrected chi connectivity index (χ2v) is 5.10. The van der Waals surface area contributed by atoms with Crippen LogP contribution in [0.5, 0.6) is 0 Å². The summed E-state index contributed by atoms with van der Waals surface area (Å²) >= 11 is 0. The van der Waals surface area contributed by atoms with Crippen molar-refractivity contribution in [1.29, 1.82) is 0 Å². The molecular formula is C16H21F2IN4O. The number of aromatic nitrogens is 1.